The maximum absolute atomic E-state index is 5.75. The van der Waals surface area contributed by atoms with Gasteiger partial charge in [0.2, 0.25) is 0 Å². The molecule has 96 valence electrons. The highest BCUT2D eigenvalue weighted by Crippen LogP contribution is 2.26. The highest BCUT2D eigenvalue weighted by atomic mass is 32.2. The van der Waals surface area contributed by atoms with Crippen LogP contribution >= 0.6 is 11.8 Å². The maximum Gasteiger partial charge on any atom is 0.138 e. The van der Waals surface area contributed by atoms with E-state index in [1.807, 2.05) is 16.8 Å². The van der Waals surface area contributed by atoms with Crippen LogP contribution in [0, 0.1) is 6.92 Å². The van der Waals surface area contributed by atoms with Crippen molar-refractivity contribution in [2.24, 2.45) is 0 Å². The van der Waals surface area contributed by atoms with Crippen LogP contribution in [0.5, 0.6) is 0 Å². The molecule has 1 heterocycles. The molecule has 5 heteroatoms. The summed E-state index contributed by atoms with van der Waals surface area (Å²) in [5.74, 6) is 1.86. The number of nitrogens with zero attached hydrogens (tertiary/aromatic N) is 3. The Kier molecular flexibility index (Phi) is 4.25. The number of hydrogen-bond acceptors (Lipinski definition) is 4. The van der Waals surface area contributed by atoms with Gasteiger partial charge in [-0.05, 0) is 37.1 Å². The predicted octanol–water partition coefficient (Wildman–Crippen LogP) is 2.87. The van der Waals surface area contributed by atoms with E-state index < -0.39 is 0 Å². The van der Waals surface area contributed by atoms with Crippen LogP contribution in [0.4, 0.5) is 5.69 Å². The molecule has 0 bridgehead atoms. The molecule has 2 rings (SSSR count). The first-order valence-electron chi connectivity index (χ1n) is 6.06. The molecule has 0 atom stereocenters. The highest BCUT2D eigenvalue weighted by Gasteiger charge is 2.06. The summed E-state index contributed by atoms with van der Waals surface area (Å²) < 4.78 is 1.97. The quantitative estimate of drug-likeness (QED) is 0.665. The molecule has 0 saturated heterocycles. The second kappa shape index (κ2) is 5.91. The Morgan fingerprint density at radius 2 is 2.22 bits per heavy atom. The lowest BCUT2D eigenvalue weighted by Crippen LogP contribution is -2.04. The molecule has 0 saturated carbocycles. The van der Waals surface area contributed by atoms with Crippen LogP contribution in [-0.2, 0) is 12.3 Å². The molecule has 0 aliphatic heterocycles. The summed E-state index contributed by atoms with van der Waals surface area (Å²) in [5.41, 5.74) is 7.77. The van der Waals surface area contributed by atoms with E-state index in [9.17, 15) is 0 Å². The van der Waals surface area contributed by atoms with Crippen molar-refractivity contribution in [2.45, 2.75) is 37.5 Å². The zero-order valence-electron chi connectivity index (χ0n) is 10.8. The molecular formula is C13H18N4S. The molecule has 0 unspecified atom stereocenters. The second-order valence-electron chi connectivity index (χ2n) is 4.21. The largest absolute Gasteiger partial charge is 0.399 e. The first kappa shape index (κ1) is 13.0. The zero-order chi connectivity index (χ0) is 13.0. The van der Waals surface area contributed by atoms with Gasteiger partial charge in [-0.1, -0.05) is 6.92 Å². The van der Waals surface area contributed by atoms with Crippen LogP contribution in [-0.4, -0.2) is 14.8 Å². The number of aromatic nitrogens is 3. The van der Waals surface area contributed by atoms with Crippen molar-refractivity contribution >= 4 is 17.4 Å². The third-order valence-electron chi connectivity index (χ3n) is 2.69. The first-order chi connectivity index (χ1) is 8.70. The lowest BCUT2D eigenvalue weighted by Gasteiger charge is -2.07. The summed E-state index contributed by atoms with van der Waals surface area (Å²) in [6.45, 7) is 5.15. The van der Waals surface area contributed by atoms with Gasteiger partial charge in [0.15, 0.2) is 0 Å². The fourth-order valence-corrected chi connectivity index (χ4v) is 2.73. The maximum atomic E-state index is 5.75. The van der Waals surface area contributed by atoms with Crippen LogP contribution < -0.4 is 5.73 Å². The smallest absolute Gasteiger partial charge is 0.138 e. The number of nitrogens with two attached hydrogens (primary N) is 1. The number of hydrogen-bond donors (Lipinski definition) is 1. The van der Waals surface area contributed by atoms with Gasteiger partial charge in [-0.3, -0.25) is 0 Å². The zero-order valence-corrected chi connectivity index (χ0v) is 11.6. The van der Waals surface area contributed by atoms with E-state index in [4.69, 9.17) is 5.73 Å². The third kappa shape index (κ3) is 3.04. The van der Waals surface area contributed by atoms with Crippen molar-refractivity contribution in [3.8, 4) is 0 Å². The fraction of sp³-hybridized carbons (Fsp3) is 0.385. The molecule has 0 fully saturated rings. The Morgan fingerprint density at radius 3 is 2.94 bits per heavy atom. The molecule has 2 N–H and O–H groups in total. The van der Waals surface area contributed by atoms with Gasteiger partial charge < -0.3 is 5.73 Å². The fourth-order valence-electron chi connectivity index (χ4n) is 1.78. The SMILES string of the molecule is CCCn1ncnc1CSc1ccc(N)cc1C. The first-order valence-corrected chi connectivity index (χ1v) is 7.05. The summed E-state index contributed by atoms with van der Waals surface area (Å²) in [4.78, 5) is 5.55. The Labute approximate surface area is 112 Å². The number of anilines is 1. The number of rotatable bonds is 5. The van der Waals surface area contributed by atoms with Crippen LogP contribution in [0.2, 0.25) is 0 Å². The topological polar surface area (TPSA) is 56.7 Å². The van der Waals surface area contributed by atoms with E-state index in [0.29, 0.717) is 0 Å². The van der Waals surface area contributed by atoms with E-state index in [-0.39, 0.29) is 0 Å². The van der Waals surface area contributed by atoms with E-state index in [1.54, 1.807) is 18.1 Å². The van der Waals surface area contributed by atoms with Gasteiger partial charge in [-0.2, -0.15) is 5.10 Å². The van der Waals surface area contributed by atoms with E-state index in [1.165, 1.54) is 10.5 Å². The van der Waals surface area contributed by atoms with Crippen molar-refractivity contribution in [2.75, 3.05) is 5.73 Å². The number of thioether (sulfide) groups is 1. The summed E-state index contributed by atoms with van der Waals surface area (Å²) in [5, 5.41) is 4.23. The van der Waals surface area contributed by atoms with E-state index in [0.717, 1.165) is 30.2 Å². The van der Waals surface area contributed by atoms with Gasteiger partial charge in [-0.15, -0.1) is 11.8 Å². The van der Waals surface area contributed by atoms with Crippen molar-refractivity contribution in [1.29, 1.82) is 0 Å². The molecule has 0 aliphatic rings. The van der Waals surface area contributed by atoms with Crippen LogP contribution in [0.25, 0.3) is 0 Å². The van der Waals surface area contributed by atoms with Gasteiger partial charge in [0.25, 0.3) is 0 Å². The van der Waals surface area contributed by atoms with Gasteiger partial charge in [0, 0.05) is 17.1 Å². The normalized spacial score (nSPS) is 10.8. The number of nitrogen functional groups attached to an aromatic ring is 1. The molecule has 1 aromatic carbocycles. The molecular weight excluding hydrogens is 244 g/mol. The van der Waals surface area contributed by atoms with E-state index in [2.05, 4.69) is 30.0 Å². The minimum absolute atomic E-state index is 0.811. The highest BCUT2D eigenvalue weighted by molar-refractivity contribution is 7.98. The second-order valence-corrected chi connectivity index (χ2v) is 5.23. The molecule has 2 aromatic rings. The minimum Gasteiger partial charge on any atom is -0.399 e. The van der Waals surface area contributed by atoms with Crippen LogP contribution in [0.1, 0.15) is 24.7 Å². The van der Waals surface area contributed by atoms with Crippen molar-refractivity contribution in [3.05, 3.63) is 35.9 Å². The van der Waals surface area contributed by atoms with E-state index >= 15 is 0 Å². The Bertz CT molecular complexity index is 521. The molecule has 0 spiro atoms. The molecule has 4 nitrogen and oxygen atoms in total. The average molecular weight is 262 g/mol. The van der Waals surface area contributed by atoms with Crippen molar-refractivity contribution in [3.63, 3.8) is 0 Å². The Balaban J connectivity index is 2.04. The Hall–Kier alpha value is -1.49. The summed E-state index contributed by atoms with van der Waals surface area (Å²) in [6.07, 6.45) is 2.70. The van der Waals surface area contributed by atoms with Gasteiger partial charge in [-0.25, -0.2) is 9.67 Å². The van der Waals surface area contributed by atoms with Crippen LogP contribution in [0.15, 0.2) is 29.4 Å². The molecule has 0 amide bonds. The molecule has 18 heavy (non-hydrogen) atoms. The van der Waals surface area contributed by atoms with Gasteiger partial charge >= 0.3 is 0 Å². The number of benzene rings is 1. The third-order valence-corrected chi connectivity index (χ3v) is 3.86. The number of aryl methyl sites for hydroxylation is 2. The van der Waals surface area contributed by atoms with Gasteiger partial charge in [0.05, 0.1) is 5.75 Å². The standard InChI is InChI=1S/C13H18N4S/c1-3-6-17-13(15-9-16-17)8-18-12-5-4-11(14)7-10(12)2/h4-5,7,9H,3,6,8,14H2,1-2H3. The average Bonchev–Trinajstić information content (AvgIpc) is 2.76. The summed E-state index contributed by atoms with van der Waals surface area (Å²) in [6, 6.07) is 6.00. The molecule has 0 radical (unpaired) electrons. The lowest BCUT2D eigenvalue weighted by molar-refractivity contribution is 0.581. The van der Waals surface area contributed by atoms with Crippen molar-refractivity contribution in [1.82, 2.24) is 14.8 Å². The van der Waals surface area contributed by atoms with Crippen molar-refractivity contribution < 1.29 is 0 Å². The lowest BCUT2D eigenvalue weighted by atomic mass is 10.2. The molecule has 0 aliphatic carbocycles. The molecule has 1 aromatic heterocycles. The Morgan fingerprint density at radius 1 is 1.39 bits per heavy atom. The summed E-state index contributed by atoms with van der Waals surface area (Å²) in [7, 11) is 0. The summed E-state index contributed by atoms with van der Waals surface area (Å²) >= 11 is 1.77. The monoisotopic (exact) mass is 262 g/mol. The predicted molar refractivity (Wildman–Crippen MR) is 75.5 cm³/mol. The van der Waals surface area contributed by atoms with Crippen LogP contribution in [0.3, 0.4) is 0 Å². The van der Waals surface area contributed by atoms with Gasteiger partial charge in [0.1, 0.15) is 12.2 Å². The minimum atomic E-state index is 0.811.